The zero-order valence-corrected chi connectivity index (χ0v) is 12.9. The predicted molar refractivity (Wildman–Crippen MR) is 86.2 cm³/mol. The van der Waals surface area contributed by atoms with Crippen molar-refractivity contribution >= 4 is 32.9 Å². The Balaban J connectivity index is 2.49. The van der Waals surface area contributed by atoms with Crippen LogP contribution in [-0.4, -0.2) is 25.3 Å². The van der Waals surface area contributed by atoms with E-state index in [0.29, 0.717) is 6.61 Å². The van der Waals surface area contributed by atoms with Crippen LogP contribution in [0.3, 0.4) is 0 Å². The highest BCUT2D eigenvalue weighted by molar-refractivity contribution is 9.09. The van der Waals surface area contributed by atoms with Crippen LogP contribution in [-0.2, 0) is 0 Å². The van der Waals surface area contributed by atoms with Gasteiger partial charge in [0, 0.05) is 10.7 Å². The fraction of sp³-hybridized carbons (Fsp3) is 0.267. The molecule has 2 aromatic rings. The van der Waals surface area contributed by atoms with Crippen LogP contribution >= 0.6 is 15.9 Å². The summed E-state index contributed by atoms with van der Waals surface area (Å²) >= 11 is 3.40. The van der Waals surface area contributed by atoms with E-state index >= 15 is 0 Å². The molecule has 0 saturated carbocycles. The highest BCUT2D eigenvalue weighted by Gasteiger charge is 2.10. The molecule has 0 bridgehead atoms. The van der Waals surface area contributed by atoms with Crippen LogP contribution in [0.4, 0.5) is 0 Å². The quantitative estimate of drug-likeness (QED) is 0.289. The normalized spacial score (nSPS) is 11.1. The summed E-state index contributed by atoms with van der Waals surface area (Å²) in [4.78, 5) is 0. The molecule has 0 aliphatic carbocycles. The van der Waals surface area contributed by atoms with E-state index in [1.54, 1.807) is 13.3 Å². The van der Waals surface area contributed by atoms with E-state index in [4.69, 9.17) is 15.3 Å². The van der Waals surface area contributed by atoms with E-state index in [1.807, 2.05) is 30.3 Å². The number of alkyl halides is 1. The molecule has 0 radical (unpaired) electrons. The molecule has 0 aromatic heterocycles. The summed E-state index contributed by atoms with van der Waals surface area (Å²) < 4.78 is 11.3. The Bertz CT molecular complexity index is 614. The summed E-state index contributed by atoms with van der Waals surface area (Å²) in [5.41, 5.74) is 0.929. The lowest BCUT2D eigenvalue weighted by Crippen LogP contribution is -2.00. The first-order valence-electron chi connectivity index (χ1n) is 6.33. The Hall–Kier alpha value is -1.75. The van der Waals surface area contributed by atoms with Gasteiger partial charge >= 0.3 is 0 Å². The van der Waals surface area contributed by atoms with Crippen LogP contribution < -0.4 is 15.3 Å². The zero-order chi connectivity index (χ0) is 14.4. The molecule has 0 amide bonds. The van der Waals surface area contributed by atoms with Gasteiger partial charge < -0.3 is 15.3 Å². The molecule has 0 saturated heterocycles. The average Bonchev–Trinajstić information content (AvgIpc) is 2.48. The zero-order valence-electron chi connectivity index (χ0n) is 11.3. The minimum Gasteiger partial charge on any atom is -0.493 e. The van der Waals surface area contributed by atoms with Crippen LogP contribution in [0.15, 0.2) is 35.4 Å². The van der Waals surface area contributed by atoms with Gasteiger partial charge in [-0.05, 0) is 29.5 Å². The van der Waals surface area contributed by atoms with Crippen molar-refractivity contribution in [2.45, 2.75) is 6.42 Å². The Morgan fingerprint density at radius 2 is 2.10 bits per heavy atom. The highest BCUT2D eigenvalue weighted by Crippen LogP contribution is 2.36. The lowest BCUT2D eigenvalue weighted by molar-refractivity contribution is 0.299. The van der Waals surface area contributed by atoms with E-state index < -0.39 is 0 Å². The van der Waals surface area contributed by atoms with Crippen molar-refractivity contribution in [1.29, 1.82) is 0 Å². The number of methoxy groups -OCH3 is 1. The van der Waals surface area contributed by atoms with Gasteiger partial charge in [-0.3, -0.25) is 0 Å². The molecule has 0 aliphatic rings. The van der Waals surface area contributed by atoms with Crippen molar-refractivity contribution in [3.63, 3.8) is 0 Å². The summed E-state index contributed by atoms with van der Waals surface area (Å²) in [7, 11) is 1.64. The van der Waals surface area contributed by atoms with Crippen molar-refractivity contribution in [1.82, 2.24) is 0 Å². The third-order valence-electron chi connectivity index (χ3n) is 2.93. The van der Waals surface area contributed by atoms with Gasteiger partial charge in [-0.15, -0.1) is 0 Å². The molecular weight excluding hydrogens is 320 g/mol. The van der Waals surface area contributed by atoms with Gasteiger partial charge in [0.1, 0.15) is 0 Å². The first kappa shape index (κ1) is 14.7. The number of nitrogens with two attached hydrogens (primary N) is 1. The highest BCUT2D eigenvalue weighted by atomic mass is 79.9. The van der Waals surface area contributed by atoms with Gasteiger partial charge in [-0.1, -0.05) is 34.1 Å². The summed E-state index contributed by atoms with van der Waals surface area (Å²) in [6, 6.07) is 9.91. The maximum Gasteiger partial charge on any atom is 0.168 e. The molecule has 106 valence electrons. The lowest BCUT2D eigenvalue weighted by Gasteiger charge is -2.13. The summed E-state index contributed by atoms with van der Waals surface area (Å²) in [5.74, 6) is 6.70. The Labute approximate surface area is 126 Å². The molecule has 2 rings (SSSR count). The Morgan fingerprint density at radius 3 is 2.80 bits per heavy atom. The molecule has 0 spiro atoms. The van der Waals surface area contributed by atoms with Crippen LogP contribution in [0.2, 0.25) is 0 Å². The Morgan fingerprint density at radius 1 is 1.30 bits per heavy atom. The van der Waals surface area contributed by atoms with E-state index in [2.05, 4.69) is 21.0 Å². The monoisotopic (exact) mass is 336 g/mol. The topological polar surface area (TPSA) is 56.8 Å². The molecular formula is C15H17BrN2O2. The van der Waals surface area contributed by atoms with Gasteiger partial charge in [0.2, 0.25) is 0 Å². The molecule has 0 heterocycles. The van der Waals surface area contributed by atoms with E-state index in [9.17, 15) is 0 Å². The number of ether oxygens (including phenoxy) is 2. The standard InChI is InChI=1S/C15H17BrN2O2/c1-19-14-6-5-12-4-3-11(10-18-17)9-13(12)15(14)20-8-2-7-16/h3-6,9-10H,2,7-8,17H2,1H3/b18-10-. The van der Waals surface area contributed by atoms with Crippen molar-refractivity contribution in [2.24, 2.45) is 10.9 Å². The largest absolute Gasteiger partial charge is 0.493 e. The predicted octanol–water partition coefficient (Wildman–Crippen LogP) is 3.30. The first-order valence-corrected chi connectivity index (χ1v) is 7.45. The summed E-state index contributed by atoms with van der Waals surface area (Å²) in [6.45, 7) is 0.635. The lowest BCUT2D eigenvalue weighted by atomic mass is 10.1. The summed E-state index contributed by atoms with van der Waals surface area (Å²) in [5, 5.41) is 6.55. The maximum absolute atomic E-state index is 5.88. The second-order valence-corrected chi connectivity index (χ2v) is 5.04. The van der Waals surface area contributed by atoms with E-state index in [1.165, 1.54) is 0 Å². The fourth-order valence-electron chi connectivity index (χ4n) is 1.99. The number of hydrogen-bond acceptors (Lipinski definition) is 4. The third kappa shape index (κ3) is 3.22. The molecule has 0 fully saturated rings. The Kier molecular flexibility index (Phi) is 5.24. The molecule has 0 atom stereocenters. The smallest absolute Gasteiger partial charge is 0.168 e. The van der Waals surface area contributed by atoms with Crippen molar-refractivity contribution < 1.29 is 9.47 Å². The van der Waals surface area contributed by atoms with E-state index in [-0.39, 0.29) is 0 Å². The van der Waals surface area contributed by atoms with Gasteiger partial charge in [-0.25, -0.2) is 0 Å². The third-order valence-corrected chi connectivity index (χ3v) is 3.49. The van der Waals surface area contributed by atoms with Gasteiger partial charge in [0.15, 0.2) is 11.5 Å². The van der Waals surface area contributed by atoms with Crippen molar-refractivity contribution in [2.75, 3.05) is 19.0 Å². The van der Waals surface area contributed by atoms with Crippen molar-refractivity contribution in [3.05, 3.63) is 35.9 Å². The number of benzene rings is 2. The van der Waals surface area contributed by atoms with Gasteiger partial charge in [-0.2, -0.15) is 5.10 Å². The van der Waals surface area contributed by atoms with Crippen LogP contribution in [0.1, 0.15) is 12.0 Å². The molecule has 0 aliphatic heterocycles. The van der Waals surface area contributed by atoms with Crippen LogP contribution in [0, 0.1) is 0 Å². The number of hydrogen-bond donors (Lipinski definition) is 1. The molecule has 4 nitrogen and oxygen atoms in total. The molecule has 2 aromatic carbocycles. The second kappa shape index (κ2) is 7.14. The van der Waals surface area contributed by atoms with Crippen LogP contribution in [0.25, 0.3) is 10.8 Å². The van der Waals surface area contributed by atoms with Crippen molar-refractivity contribution in [3.8, 4) is 11.5 Å². The molecule has 0 unspecified atom stereocenters. The number of fused-ring (bicyclic) bond motifs is 1. The first-order chi connectivity index (χ1) is 9.80. The number of nitrogens with zero attached hydrogens (tertiary/aromatic N) is 1. The SMILES string of the molecule is COc1ccc2ccc(/C=N\N)cc2c1OCCCBr. The minimum atomic E-state index is 0.635. The number of hydrazone groups is 1. The fourth-order valence-corrected chi connectivity index (χ4v) is 2.22. The molecule has 5 heteroatoms. The van der Waals surface area contributed by atoms with E-state index in [0.717, 1.165) is 39.6 Å². The maximum atomic E-state index is 5.88. The number of rotatable bonds is 6. The summed E-state index contributed by atoms with van der Waals surface area (Å²) in [6.07, 6.45) is 2.55. The van der Waals surface area contributed by atoms with Gasteiger partial charge in [0.05, 0.1) is 19.9 Å². The average molecular weight is 337 g/mol. The van der Waals surface area contributed by atoms with Gasteiger partial charge in [0.25, 0.3) is 0 Å². The number of halogens is 1. The molecule has 20 heavy (non-hydrogen) atoms. The van der Waals surface area contributed by atoms with Crippen LogP contribution in [0.5, 0.6) is 11.5 Å². The second-order valence-electron chi connectivity index (χ2n) is 4.25. The molecule has 2 N–H and O–H groups in total. The minimum absolute atomic E-state index is 0.635.